The molecule has 122 valence electrons. The first kappa shape index (κ1) is 15.0. The van der Waals surface area contributed by atoms with Crippen LogP contribution in [-0.2, 0) is 10.0 Å². The predicted molar refractivity (Wildman–Crippen MR) is 94.8 cm³/mol. The molecule has 4 rings (SSSR count). The molecule has 2 aliphatic rings. The Bertz CT molecular complexity index is 829. The van der Waals surface area contributed by atoms with Crippen molar-refractivity contribution in [3.8, 4) is 0 Å². The molecule has 1 aliphatic heterocycles. The van der Waals surface area contributed by atoms with Crippen LogP contribution < -0.4 is 9.62 Å². The molecule has 1 N–H and O–H groups in total. The molecule has 1 aliphatic carbocycles. The Labute approximate surface area is 141 Å². The number of hydrogen-bond acceptors (Lipinski definition) is 4. The zero-order valence-corrected chi connectivity index (χ0v) is 14.7. The predicted octanol–water partition coefficient (Wildman–Crippen LogP) is 3.85. The Morgan fingerprint density at radius 3 is 2.65 bits per heavy atom. The lowest BCUT2D eigenvalue weighted by molar-refractivity contribution is 0.554. The van der Waals surface area contributed by atoms with Gasteiger partial charge in [-0.15, -0.1) is 11.3 Å². The summed E-state index contributed by atoms with van der Waals surface area (Å²) < 4.78 is 28.4. The highest BCUT2D eigenvalue weighted by atomic mass is 32.2. The second-order valence-electron chi connectivity index (χ2n) is 6.47. The van der Waals surface area contributed by atoms with E-state index in [1.165, 1.54) is 30.6 Å². The van der Waals surface area contributed by atoms with E-state index >= 15 is 0 Å². The van der Waals surface area contributed by atoms with Crippen LogP contribution in [0.2, 0.25) is 0 Å². The van der Waals surface area contributed by atoms with Crippen LogP contribution in [0, 0.1) is 12.8 Å². The number of hydrogen-bond donors (Lipinski definition) is 1. The van der Waals surface area contributed by atoms with Crippen LogP contribution in [0.25, 0.3) is 0 Å². The number of aryl methyl sites for hydroxylation is 1. The highest BCUT2D eigenvalue weighted by Crippen LogP contribution is 2.42. The van der Waals surface area contributed by atoms with E-state index in [0.29, 0.717) is 15.9 Å². The van der Waals surface area contributed by atoms with Crippen LogP contribution in [0.1, 0.15) is 24.1 Å². The van der Waals surface area contributed by atoms with Gasteiger partial charge in [-0.1, -0.05) is 12.1 Å². The summed E-state index contributed by atoms with van der Waals surface area (Å²) in [7, 11) is -3.52. The number of rotatable bonds is 4. The summed E-state index contributed by atoms with van der Waals surface area (Å²) in [6.45, 7) is 2.96. The first-order valence-corrected chi connectivity index (χ1v) is 10.3. The second-order valence-corrected chi connectivity index (χ2v) is 9.67. The van der Waals surface area contributed by atoms with Gasteiger partial charge in [0.05, 0.1) is 11.4 Å². The van der Waals surface area contributed by atoms with Gasteiger partial charge < -0.3 is 4.90 Å². The molecule has 2 atom stereocenters. The summed E-state index contributed by atoms with van der Waals surface area (Å²) in [5.74, 6) is 0.768. The van der Waals surface area contributed by atoms with Crippen LogP contribution in [0.3, 0.4) is 0 Å². The zero-order chi connectivity index (χ0) is 16.0. The van der Waals surface area contributed by atoms with Gasteiger partial charge in [0.25, 0.3) is 10.0 Å². The van der Waals surface area contributed by atoms with Crippen molar-refractivity contribution in [2.45, 2.75) is 36.4 Å². The van der Waals surface area contributed by atoms with Crippen LogP contribution in [0.5, 0.6) is 0 Å². The molecule has 1 saturated carbocycles. The standard InChI is InChI=1S/C17H20N2O2S2/c1-12-6-9-17(22-12)23(20,21)18-15-4-2-3-5-16(15)19-11-13-7-8-14(19)10-13/h2-6,9,13-14,18H,7-8,10-11H2,1H3. The maximum absolute atomic E-state index is 12.6. The number of thiophene rings is 1. The summed E-state index contributed by atoms with van der Waals surface area (Å²) >= 11 is 1.30. The number of piperidine rings is 1. The number of benzene rings is 1. The maximum Gasteiger partial charge on any atom is 0.271 e. The summed E-state index contributed by atoms with van der Waals surface area (Å²) in [6.07, 6.45) is 3.77. The molecule has 0 radical (unpaired) electrons. The first-order chi connectivity index (χ1) is 11.0. The van der Waals surface area contributed by atoms with E-state index in [-0.39, 0.29) is 0 Å². The van der Waals surface area contributed by atoms with Gasteiger partial charge in [0.1, 0.15) is 4.21 Å². The molecule has 0 spiro atoms. The van der Waals surface area contributed by atoms with Crippen molar-refractivity contribution in [2.75, 3.05) is 16.2 Å². The topological polar surface area (TPSA) is 49.4 Å². The monoisotopic (exact) mass is 348 g/mol. The summed E-state index contributed by atoms with van der Waals surface area (Å²) in [5.41, 5.74) is 1.70. The van der Waals surface area contributed by atoms with Gasteiger partial charge in [0, 0.05) is 17.5 Å². The molecule has 2 bridgehead atoms. The van der Waals surface area contributed by atoms with E-state index < -0.39 is 10.0 Å². The maximum atomic E-state index is 12.6. The fraction of sp³-hybridized carbons (Fsp3) is 0.412. The Morgan fingerprint density at radius 2 is 2.00 bits per heavy atom. The first-order valence-electron chi connectivity index (χ1n) is 7.98. The van der Waals surface area contributed by atoms with Gasteiger partial charge in [0.15, 0.2) is 0 Å². The SMILES string of the molecule is Cc1ccc(S(=O)(=O)Nc2ccccc2N2CC3CCC2C3)s1. The van der Waals surface area contributed by atoms with Crippen molar-refractivity contribution in [1.29, 1.82) is 0 Å². The lowest BCUT2D eigenvalue weighted by Crippen LogP contribution is -2.32. The van der Waals surface area contributed by atoms with Crippen molar-refractivity contribution in [3.05, 3.63) is 41.3 Å². The van der Waals surface area contributed by atoms with Crippen molar-refractivity contribution < 1.29 is 8.42 Å². The Kier molecular flexibility index (Phi) is 3.61. The Morgan fingerprint density at radius 1 is 1.17 bits per heavy atom. The van der Waals surface area contributed by atoms with Crippen LogP contribution in [0.4, 0.5) is 11.4 Å². The number of sulfonamides is 1. The lowest BCUT2D eigenvalue weighted by atomic mass is 10.1. The van der Waals surface area contributed by atoms with Gasteiger partial charge in [0.2, 0.25) is 0 Å². The lowest BCUT2D eigenvalue weighted by Gasteiger charge is -2.31. The largest absolute Gasteiger partial charge is 0.367 e. The Hall–Kier alpha value is -1.53. The molecule has 6 heteroatoms. The molecule has 2 fully saturated rings. The van der Waals surface area contributed by atoms with Gasteiger partial charge in [-0.25, -0.2) is 8.42 Å². The van der Waals surface area contributed by atoms with Crippen LogP contribution in [0.15, 0.2) is 40.6 Å². The highest BCUT2D eigenvalue weighted by molar-refractivity contribution is 7.94. The number of nitrogens with zero attached hydrogens (tertiary/aromatic N) is 1. The molecule has 1 saturated heterocycles. The van der Waals surface area contributed by atoms with Gasteiger partial charge in [-0.2, -0.15) is 0 Å². The quantitative estimate of drug-likeness (QED) is 0.913. The normalized spacial score (nSPS) is 23.4. The molecule has 0 amide bonds. The van der Waals surface area contributed by atoms with Gasteiger partial charge >= 0.3 is 0 Å². The molecule has 2 heterocycles. The summed E-state index contributed by atoms with van der Waals surface area (Å²) in [5, 5.41) is 0. The average Bonchev–Trinajstić information content (AvgIpc) is 3.23. The fourth-order valence-electron chi connectivity index (χ4n) is 3.78. The number of nitrogens with one attached hydrogen (secondary N) is 1. The summed E-state index contributed by atoms with van der Waals surface area (Å²) in [4.78, 5) is 3.38. The third-order valence-corrected chi connectivity index (χ3v) is 7.71. The molecule has 23 heavy (non-hydrogen) atoms. The third kappa shape index (κ3) is 2.74. The van der Waals surface area contributed by atoms with Crippen LogP contribution in [-0.4, -0.2) is 21.0 Å². The van der Waals surface area contributed by atoms with Gasteiger partial charge in [-0.3, -0.25) is 4.72 Å². The van der Waals surface area contributed by atoms with Crippen molar-refractivity contribution >= 4 is 32.7 Å². The molecular weight excluding hydrogens is 328 g/mol. The van der Waals surface area contributed by atoms with E-state index in [1.807, 2.05) is 37.3 Å². The molecule has 4 nitrogen and oxygen atoms in total. The molecule has 1 aromatic heterocycles. The molecular formula is C17H20N2O2S2. The summed E-state index contributed by atoms with van der Waals surface area (Å²) in [6, 6.07) is 11.8. The smallest absolute Gasteiger partial charge is 0.271 e. The van der Waals surface area contributed by atoms with E-state index in [1.54, 1.807) is 6.07 Å². The van der Waals surface area contributed by atoms with E-state index in [4.69, 9.17) is 0 Å². The minimum atomic E-state index is -3.52. The fourth-order valence-corrected chi connectivity index (χ4v) is 6.14. The minimum Gasteiger partial charge on any atom is -0.367 e. The van der Waals surface area contributed by atoms with Crippen molar-refractivity contribution in [3.63, 3.8) is 0 Å². The minimum absolute atomic E-state index is 0.368. The molecule has 2 aromatic rings. The van der Waals surface area contributed by atoms with Crippen molar-refractivity contribution in [1.82, 2.24) is 0 Å². The molecule has 1 aromatic carbocycles. The Balaban J connectivity index is 1.65. The van der Waals surface area contributed by atoms with E-state index in [0.717, 1.165) is 23.0 Å². The highest BCUT2D eigenvalue weighted by Gasteiger charge is 2.38. The molecule has 2 unspecified atom stereocenters. The number of para-hydroxylation sites is 2. The van der Waals surface area contributed by atoms with Gasteiger partial charge in [-0.05, 0) is 56.4 Å². The third-order valence-electron chi connectivity index (χ3n) is 4.85. The van der Waals surface area contributed by atoms with E-state index in [9.17, 15) is 8.42 Å². The number of anilines is 2. The average molecular weight is 348 g/mol. The van der Waals surface area contributed by atoms with Crippen LogP contribution >= 0.6 is 11.3 Å². The van der Waals surface area contributed by atoms with E-state index in [2.05, 4.69) is 9.62 Å². The zero-order valence-electron chi connectivity index (χ0n) is 13.0. The second kappa shape index (κ2) is 5.53. The van der Waals surface area contributed by atoms with Crippen molar-refractivity contribution in [2.24, 2.45) is 5.92 Å². The number of fused-ring (bicyclic) bond motifs is 2.